The second kappa shape index (κ2) is 8.48. The monoisotopic (exact) mass is 276 g/mol. The van der Waals surface area contributed by atoms with Crippen LogP contribution in [0.25, 0.3) is 0 Å². The molecule has 4 heteroatoms. The van der Waals surface area contributed by atoms with Crippen molar-refractivity contribution in [1.29, 1.82) is 0 Å². The molecule has 1 amide bonds. The van der Waals surface area contributed by atoms with Crippen LogP contribution in [-0.4, -0.2) is 31.3 Å². The lowest BCUT2D eigenvalue weighted by Crippen LogP contribution is -2.28. The first-order chi connectivity index (χ1) is 9.50. The van der Waals surface area contributed by atoms with Crippen LogP contribution in [0.3, 0.4) is 0 Å². The predicted molar refractivity (Wildman–Crippen MR) is 81.0 cm³/mol. The maximum absolute atomic E-state index is 11.9. The van der Waals surface area contributed by atoms with Gasteiger partial charge in [0.2, 0.25) is 5.91 Å². The Kier molecular flexibility index (Phi) is 6.94. The Bertz CT molecular complexity index is 438. The van der Waals surface area contributed by atoms with Crippen LogP contribution in [0.2, 0.25) is 0 Å². The highest BCUT2D eigenvalue weighted by Crippen LogP contribution is 2.14. The number of rotatable bonds is 8. The molecule has 1 aromatic rings. The Morgan fingerprint density at radius 3 is 2.30 bits per heavy atom. The molecule has 1 rings (SSSR count). The number of carbonyl (C=O) groups excluding carboxylic acids is 2. The van der Waals surface area contributed by atoms with Crippen LogP contribution in [0.4, 0.5) is 0 Å². The van der Waals surface area contributed by atoms with E-state index >= 15 is 0 Å². The summed E-state index contributed by atoms with van der Waals surface area (Å²) in [6.45, 7) is 7.45. The maximum Gasteiger partial charge on any atom is 0.216 e. The third-order valence-electron chi connectivity index (χ3n) is 3.09. The van der Waals surface area contributed by atoms with E-state index in [4.69, 9.17) is 0 Å². The molecule has 0 heterocycles. The standard InChI is InChI=1S/C16H24N2O2/c1-12(2)14-5-7-15(8-6-14)16(20)11-17-9-4-10-18-13(3)19/h5-8,12,17H,4,9-11H2,1-3H3,(H,18,19). The van der Waals surface area contributed by atoms with Gasteiger partial charge in [-0.15, -0.1) is 0 Å². The zero-order valence-electron chi connectivity index (χ0n) is 12.5. The van der Waals surface area contributed by atoms with Crippen molar-refractivity contribution in [3.05, 3.63) is 35.4 Å². The first-order valence-corrected chi connectivity index (χ1v) is 7.09. The zero-order chi connectivity index (χ0) is 15.0. The molecule has 0 aliphatic carbocycles. The van der Waals surface area contributed by atoms with Gasteiger partial charge in [-0.3, -0.25) is 9.59 Å². The van der Waals surface area contributed by atoms with Crippen molar-refractivity contribution in [3.63, 3.8) is 0 Å². The molecule has 0 radical (unpaired) electrons. The van der Waals surface area contributed by atoms with Crippen LogP contribution < -0.4 is 10.6 Å². The van der Waals surface area contributed by atoms with Gasteiger partial charge < -0.3 is 10.6 Å². The number of nitrogens with one attached hydrogen (secondary N) is 2. The molecular weight excluding hydrogens is 252 g/mol. The van der Waals surface area contributed by atoms with Crippen LogP contribution in [0.1, 0.15) is 49.0 Å². The van der Waals surface area contributed by atoms with Crippen molar-refractivity contribution in [2.45, 2.75) is 33.1 Å². The van der Waals surface area contributed by atoms with E-state index in [1.807, 2.05) is 24.3 Å². The molecule has 0 unspecified atom stereocenters. The summed E-state index contributed by atoms with van der Waals surface area (Å²) in [5.74, 6) is 0.553. The van der Waals surface area contributed by atoms with Crippen LogP contribution >= 0.6 is 0 Å². The largest absolute Gasteiger partial charge is 0.356 e. The minimum absolute atomic E-state index is 0.0219. The van der Waals surface area contributed by atoms with Gasteiger partial charge in [0.15, 0.2) is 5.78 Å². The first kappa shape index (κ1) is 16.4. The fourth-order valence-electron chi connectivity index (χ4n) is 1.84. The highest BCUT2D eigenvalue weighted by Gasteiger charge is 2.06. The molecule has 0 aliphatic rings. The van der Waals surface area contributed by atoms with Crippen molar-refractivity contribution in [2.75, 3.05) is 19.6 Å². The highest BCUT2D eigenvalue weighted by molar-refractivity contribution is 5.97. The van der Waals surface area contributed by atoms with E-state index in [1.165, 1.54) is 12.5 Å². The number of Topliss-reactive ketones (excluding diaryl/α,β-unsaturated/α-hetero) is 1. The lowest BCUT2D eigenvalue weighted by molar-refractivity contribution is -0.118. The van der Waals surface area contributed by atoms with Gasteiger partial charge in [-0.25, -0.2) is 0 Å². The smallest absolute Gasteiger partial charge is 0.216 e. The van der Waals surface area contributed by atoms with Gasteiger partial charge in [0.1, 0.15) is 0 Å². The van der Waals surface area contributed by atoms with Gasteiger partial charge in [0.25, 0.3) is 0 Å². The van der Waals surface area contributed by atoms with Crippen molar-refractivity contribution in [3.8, 4) is 0 Å². The summed E-state index contributed by atoms with van der Waals surface area (Å²) in [6.07, 6.45) is 0.819. The lowest BCUT2D eigenvalue weighted by Gasteiger charge is -2.07. The van der Waals surface area contributed by atoms with Crippen LogP contribution in [0.15, 0.2) is 24.3 Å². The van der Waals surface area contributed by atoms with Gasteiger partial charge in [0, 0.05) is 19.0 Å². The maximum atomic E-state index is 11.9. The Labute approximate surface area is 121 Å². The zero-order valence-corrected chi connectivity index (χ0v) is 12.5. The third-order valence-corrected chi connectivity index (χ3v) is 3.09. The average molecular weight is 276 g/mol. The molecule has 0 atom stereocenters. The van der Waals surface area contributed by atoms with Gasteiger partial charge in [-0.1, -0.05) is 38.1 Å². The van der Waals surface area contributed by atoms with Gasteiger partial charge in [0.05, 0.1) is 6.54 Å². The molecule has 0 saturated heterocycles. The van der Waals surface area contributed by atoms with Crippen LogP contribution in [0.5, 0.6) is 0 Å². The summed E-state index contributed by atoms with van der Waals surface area (Å²) in [7, 11) is 0. The van der Waals surface area contributed by atoms with Crippen molar-refractivity contribution in [2.24, 2.45) is 0 Å². The van der Waals surface area contributed by atoms with Crippen LogP contribution in [0, 0.1) is 0 Å². The van der Waals surface area contributed by atoms with E-state index in [9.17, 15) is 9.59 Å². The van der Waals surface area contributed by atoms with E-state index in [2.05, 4.69) is 24.5 Å². The quantitative estimate of drug-likeness (QED) is 0.565. The van der Waals surface area contributed by atoms with Crippen molar-refractivity contribution < 1.29 is 9.59 Å². The molecule has 0 aromatic heterocycles. The van der Waals surface area contributed by atoms with E-state index < -0.39 is 0 Å². The highest BCUT2D eigenvalue weighted by atomic mass is 16.1. The predicted octanol–water partition coefficient (Wildman–Crippen LogP) is 2.11. The summed E-state index contributed by atoms with van der Waals surface area (Å²) >= 11 is 0. The number of hydrogen-bond donors (Lipinski definition) is 2. The molecular formula is C16H24N2O2. The number of benzene rings is 1. The Balaban J connectivity index is 2.27. The molecule has 2 N–H and O–H groups in total. The second-order valence-electron chi connectivity index (χ2n) is 5.21. The van der Waals surface area contributed by atoms with Crippen molar-refractivity contribution in [1.82, 2.24) is 10.6 Å². The Morgan fingerprint density at radius 1 is 1.10 bits per heavy atom. The molecule has 0 saturated carbocycles. The second-order valence-corrected chi connectivity index (χ2v) is 5.21. The molecule has 0 bridgehead atoms. The van der Waals surface area contributed by atoms with Gasteiger partial charge >= 0.3 is 0 Å². The van der Waals surface area contributed by atoms with E-state index in [0.717, 1.165) is 18.5 Å². The number of ketones is 1. The number of carbonyl (C=O) groups is 2. The molecule has 1 aromatic carbocycles. The van der Waals surface area contributed by atoms with Crippen molar-refractivity contribution >= 4 is 11.7 Å². The van der Waals surface area contributed by atoms with Gasteiger partial charge in [-0.2, -0.15) is 0 Å². The fraction of sp³-hybridized carbons (Fsp3) is 0.500. The van der Waals surface area contributed by atoms with Crippen LogP contribution in [-0.2, 0) is 4.79 Å². The number of hydrogen-bond acceptors (Lipinski definition) is 3. The Morgan fingerprint density at radius 2 is 1.75 bits per heavy atom. The SMILES string of the molecule is CC(=O)NCCCNCC(=O)c1ccc(C(C)C)cc1. The summed E-state index contributed by atoms with van der Waals surface area (Å²) in [5, 5.41) is 5.81. The summed E-state index contributed by atoms with van der Waals surface area (Å²) in [5.41, 5.74) is 1.98. The summed E-state index contributed by atoms with van der Waals surface area (Å²) in [4.78, 5) is 22.6. The Hall–Kier alpha value is -1.68. The minimum Gasteiger partial charge on any atom is -0.356 e. The summed E-state index contributed by atoms with van der Waals surface area (Å²) in [6, 6.07) is 7.79. The molecule has 4 nitrogen and oxygen atoms in total. The topological polar surface area (TPSA) is 58.2 Å². The van der Waals surface area contributed by atoms with E-state index in [1.54, 1.807) is 0 Å². The molecule has 110 valence electrons. The van der Waals surface area contributed by atoms with E-state index in [-0.39, 0.29) is 11.7 Å². The molecule has 0 spiro atoms. The third kappa shape index (κ3) is 5.97. The fourth-order valence-corrected chi connectivity index (χ4v) is 1.84. The molecule has 0 aliphatic heterocycles. The average Bonchev–Trinajstić information content (AvgIpc) is 2.42. The van der Waals surface area contributed by atoms with E-state index in [0.29, 0.717) is 19.0 Å². The number of amides is 1. The minimum atomic E-state index is -0.0219. The van der Waals surface area contributed by atoms with Gasteiger partial charge in [-0.05, 0) is 24.4 Å². The summed E-state index contributed by atoms with van der Waals surface area (Å²) < 4.78 is 0. The lowest BCUT2D eigenvalue weighted by atomic mass is 10.0. The first-order valence-electron chi connectivity index (χ1n) is 7.09. The molecule has 0 fully saturated rings. The normalized spacial score (nSPS) is 10.6. The molecule has 20 heavy (non-hydrogen) atoms.